The summed E-state index contributed by atoms with van der Waals surface area (Å²) in [5.41, 5.74) is 3.19. The molecule has 3 aromatic rings. The van der Waals surface area contributed by atoms with Crippen molar-refractivity contribution in [2.75, 3.05) is 0 Å². The molecule has 3 heterocycles. The summed E-state index contributed by atoms with van der Waals surface area (Å²) in [6.45, 7) is 4.79. The van der Waals surface area contributed by atoms with Gasteiger partial charge in [-0.05, 0) is 51.3 Å². The van der Waals surface area contributed by atoms with Crippen molar-refractivity contribution >= 4 is 11.8 Å². The summed E-state index contributed by atoms with van der Waals surface area (Å²) in [6.07, 6.45) is 9.50. The lowest BCUT2D eigenvalue weighted by molar-refractivity contribution is 0.638. The highest BCUT2D eigenvalue weighted by atomic mass is 32.2. The molecule has 0 atom stereocenters. The predicted molar refractivity (Wildman–Crippen MR) is 94.3 cm³/mol. The van der Waals surface area contributed by atoms with Crippen LogP contribution in [-0.2, 0) is 19.4 Å². The van der Waals surface area contributed by atoms with Crippen LogP contribution in [0.1, 0.15) is 36.8 Å². The van der Waals surface area contributed by atoms with E-state index in [1.165, 1.54) is 24.1 Å². The third-order valence-corrected chi connectivity index (χ3v) is 5.29. The second kappa shape index (κ2) is 6.87. The van der Waals surface area contributed by atoms with Crippen LogP contribution >= 0.6 is 11.8 Å². The molecule has 0 bridgehead atoms. The highest BCUT2D eigenvalue weighted by Crippen LogP contribution is 2.33. The van der Waals surface area contributed by atoms with Gasteiger partial charge in [0.25, 0.3) is 0 Å². The Labute approximate surface area is 150 Å². The van der Waals surface area contributed by atoms with Crippen LogP contribution < -0.4 is 0 Å². The lowest BCUT2D eigenvalue weighted by atomic mass is 9.97. The summed E-state index contributed by atoms with van der Waals surface area (Å²) in [5.74, 6) is 1.55. The Morgan fingerprint density at radius 2 is 2.00 bits per heavy atom. The van der Waals surface area contributed by atoms with Crippen molar-refractivity contribution in [3.63, 3.8) is 0 Å². The van der Waals surface area contributed by atoms with E-state index < -0.39 is 0 Å². The second-order valence-corrected chi connectivity index (χ2v) is 6.91. The average molecular weight is 353 g/mol. The van der Waals surface area contributed by atoms with Gasteiger partial charge >= 0.3 is 0 Å². The fraction of sp³-hybridized carbons (Fsp3) is 0.412. The first-order chi connectivity index (χ1) is 12.3. The van der Waals surface area contributed by atoms with Crippen molar-refractivity contribution in [3.8, 4) is 11.5 Å². The predicted octanol–water partition coefficient (Wildman–Crippen LogP) is 2.88. The van der Waals surface area contributed by atoms with E-state index in [0.29, 0.717) is 0 Å². The Bertz CT molecular complexity index is 892. The number of rotatable bonds is 4. The molecule has 7 nitrogen and oxygen atoms in total. The number of hydrogen-bond acceptors (Lipinski definition) is 7. The Kier molecular flexibility index (Phi) is 4.44. The quantitative estimate of drug-likeness (QED) is 0.667. The average Bonchev–Trinajstić information content (AvgIpc) is 3.05. The zero-order chi connectivity index (χ0) is 17.2. The van der Waals surface area contributed by atoms with Crippen LogP contribution in [0.3, 0.4) is 0 Å². The molecule has 0 aromatic carbocycles. The monoisotopic (exact) mass is 353 g/mol. The van der Waals surface area contributed by atoms with Crippen LogP contribution in [-0.4, -0.2) is 34.7 Å². The van der Waals surface area contributed by atoms with Gasteiger partial charge in [-0.25, -0.2) is 15.0 Å². The zero-order valence-corrected chi connectivity index (χ0v) is 15.1. The largest absolute Gasteiger partial charge is 0.301 e. The first kappa shape index (κ1) is 16.1. The molecule has 0 amide bonds. The summed E-state index contributed by atoms with van der Waals surface area (Å²) in [6, 6.07) is 0. The summed E-state index contributed by atoms with van der Waals surface area (Å²) >= 11 is 1.57. The van der Waals surface area contributed by atoms with E-state index in [1.54, 1.807) is 30.4 Å². The fourth-order valence-corrected chi connectivity index (χ4v) is 4.20. The molecule has 0 saturated carbocycles. The molecule has 0 N–H and O–H groups in total. The second-order valence-electron chi connectivity index (χ2n) is 5.95. The third-order valence-electron chi connectivity index (χ3n) is 4.27. The van der Waals surface area contributed by atoms with E-state index in [1.807, 2.05) is 6.92 Å². The number of fused-ring (bicyclic) bond motifs is 1. The summed E-state index contributed by atoms with van der Waals surface area (Å²) < 4.78 is 2.06. The van der Waals surface area contributed by atoms with Gasteiger partial charge in [-0.15, -0.1) is 10.2 Å². The Morgan fingerprint density at radius 3 is 2.80 bits per heavy atom. The number of aromatic nitrogens is 7. The fourth-order valence-electron chi connectivity index (χ4n) is 3.10. The molecule has 0 saturated heterocycles. The van der Waals surface area contributed by atoms with Gasteiger partial charge in [0.1, 0.15) is 16.5 Å². The highest BCUT2D eigenvalue weighted by Gasteiger charge is 2.21. The highest BCUT2D eigenvalue weighted by molar-refractivity contribution is 7.99. The molecule has 128 valence electrons. The maximum atomic E-state index is 4.68. The van der Waals surface area contributed by atoms with Crippen molar-refractivity contribution < 1.29 is 0 Å². The number of nitrogens with zero attached hydrogens (tertiary/aromatic N) is 7. The van der Waals surface area contributed by atoms with Crippen LogP contribution in [0.4, 0.5) is 0 Å². The zero-order valence-electron chi connectivity index (χ0n) is 14.3. The molecule has 4 rings (SSSR count). The molecule has 25 heavy (non-hydrogen) atoms. The number of aryl methyl sites for hydroxylation is 2. The Morgan fingerprint density at radius 1 is 1.12 bits per heavy atom. The molecular weight excluding hydrogens is 334 g/mol. The first-order valence-electron chi connectivity index (χ1n) is 8.50. The lowest BCUT2D eigenvalue weighted by Gasteiger charge is -2.18. The van der Waals surface area contributed by atoms with Crippen molar-refractivity contribution in [3.05, 3.63) is 35.7 Å². The van der Waals surface area contributed by atoms with Crippen LogP contribution in [0.15, 0.2) is 28.8 Å². The van der Waals surface area contributed by atoms with Crippen molar-refractivity contribution in [2.24, 2.45) is 0 Å². The van der Waals surface area contributed by atoms with Crippen LogP contribution in [0, 0.1) is 6.92 Å². The third kappa shape index (κ3) is 3.13. The number of hydrogen-bond donors (Lipinski definition) is 0. The van der Waals surface area contributed by atoms with E-state index in [0.717, 1.165) is 46.9 Å². The summed E-state index contributed by atoms with van der Waals surface area (Å²) in [7, 11) is 0. The van der Waals surface area contributed by atoms with Gasteiger partial charge in [0, 0.05) is 30.2 Å². The Hall–Kier alpha value is -2.35. The van der Waals surface area contributed by atoms with Gasteiger partial charge in [0.2, 0.25) is 0 Å². The van der Waals surface area contributed by atoms with E-state index in [2.05, 4.69) is 41.6 Å². The van der Waals surface area contributed by atoms with Crippen molar-refractivity contribution in [2.45, 2.75) is 56.3 Å². The summed E-state index contributed by atoms with van der Waals surface area (Å²) in [5, 5.41) is 10.6. The van der Waals surface area contributed by atoms with E-state index in [4.69, 9.17) is 0 Å². The van der Waals surface area contributed by atoms with Gasteiger partial charge in [0.05, 0.1) is 6.20 Å². The standard InChI is InChI=1S/C17H19N7S/c1-3-24-15(14-10-18-8-9-19-14)22-23-17(24)25-16-12-6-4-5-7-13(12)20-11(2)21-16/h8-10H,3-7H2,1-2H3. The van der Waals surface area contributed by atoms with Crippen LogP contribution in [0.5, 0.6) is 0 Å². The van der Waals surface area contributed by atoms with Gasteiger partial charge in [-0.2, -0.15) is 0 Å². The smallest absolute Gasteiger partial charge is 0.197 e. The first-order valence-corrected chi connectivity index (χ1v) is 9.31. The van der Waals surface area contributed by atoms with Crippen molar-refractivity contribution in [1.29, 1.82) is 0 Å². The molecule has 1 aliphatic rings. The minimum absolute atomic E-state index is 0.726. The maximum absolute atomic E-state index is 4.68. The van der Waals surface area contributed by atoms with Gasteiger partial charge in [0.15, 0.2) is 11.0 Å². The van der Waals surface area contributed by atoms with E-state index >= 15 is 0 Å². The van der Waals surface area contributed by atoms with Gasteiger partial charge in [-0.3, -0.25) is 4.98 Å². The molecule has 0 fully saturated rings. The van der Waals surface area contributed by atoms with Crippen LogP contribution in [0.2, 0.25) is 0 Å². The van der Waals surface area contributed by atoms with Gasteiger partial charge < -0.3 is 4.57 Å². The topological polar surface area (TPSA) is 82.3 Å². The minimum atomic E-state index is 0.726. The van der Waals surface area contributed by atoms with Crippen LogP contribution in [0.25, 0.3) is 11.5 Å². The molecule has 0 spiro atoms. The lowest BCUT2D eigenvalue weighted by Crippen LogP contribution is -2.10. The van der Waals surface area contributed by atoms with E-state index in [9.17, 15) is 0 Å². The molecule has 8 heteroatoms. The van der Waals surface area contributed by atoms with Gasteiger partial charge in [-0.1, -0.05) is 0 Å². The normalized spacial score (nSPS) is 13.7. The summed E-state index contributed by atoms with van der Waals surface area (Å²) in [4.78, 5) is 17.8. The molecule has 0 radical (unpaired) electrons. The minimum Gasteiger partial charge on any atom is -0.301 e. The maximum Gasteiger partial charge on any atom is 0.197 e. The SMILES string of the molecule is CCn1c(Sc2nc(C)nc3c2CCCC3)nnc1-c1cnccn1. The van der Waals surface area contributed by atoms with E-state index in [-0.39, 0.29) is 0 Å². The molecule has 0 unspecified atom stereocenters. The Balaban J connectivity index is 1.73. The molecular formula is C17H19N7S. The molecule has 0 aliphatic heterocycles. The molecule has 1 aliphatic carbocycles. The van der Waals surface area contributed by atoms with Crippen molar-refractivity contribution in [1.82, 2.24) is 34.7 Å². The molecule has 3 aromatic heterocycles.